The lowest BCUT2D eigenvalue weighted by Crippen LogP contribution is -2.16. The van der Waals surface area contributed by atoms with Gasteiger partial charge in [-0.25, -0.2) is 0 Å². The van der Waals surface area contributed by atoms with Crippen molar-refractivity contribution in [2.75, 3.05) is 4.90 Å². The molecule has 0 aliphatic heterocycles. The first-order chi connectivity index (χ1) is 29.5. The van der Waals surface area contributed by atoms with Crippen LogP contribution in [0.15, 0.2) is 211 Å². The molecule has 1 aliphatic carbocycles. The number of nitrogens with zero attached hydrogens (tertiary/aromatic N) is 2. The molecule has 0 fully saturated rings. The zero-order valence-electron chi connectivity index (χ0n) is 33.4. The number of anilines is 3. The average Bonchev–Trinajstić information content (AvgIpc) is 3.93. The standard InChI is InChI=1S/C57H40N2O/c1-57(2)50-19-9-6-15-44(50)45-33-32-43(36-51(45)57)58(54-21-12-18-48-47-17-8-11-22-55(47)60-56(48)54)42-30-27-38(28-31-42)37-23-25-39(26-24-37)40-29-34-53-49(35-40)46-16-7-10-20-52(46)59(53)41-13-4-3-5-14-41/h3-36H,1-2H3. The molecule has 0 spiro atoms. The van der Waals surface area contributed by atoms with Gasteiger partial charge in [0.2, 0.25) is 0 Å². The Hall–Kier alpha value is -7.62. The molecule has 3 heteroatoms. The largest absolute Gasteiger partial charge is 0.454 e. The van der Waals surface area contributed by atoms with Crippen LogP contribution in [0, 0.1) is 0 Å². The van der Waals surface area contributed by atoms with Crippen LogP contribution in [0.5, 0.6) is 0 Å². The van der Waals surface area contributed by atoms with Gasteiger partial charge in [-0.1, -0.05) is 153 Å². The van der Waals surface area contributed by atoms with Gasteiger partial charge in [-0.2, -0.15) is 0 Å². The van der Waals surface area contributed by atoms with Gasteiger partial charge in [0.25, 0.3) is 0 Å². The summed E-state index contributed by atoms with van der Waals surface area (Å²) >= 11 is 0. The third kappa shape index (κ3) is 5.22. The quantitative estimate of drug-likeness (QED) is 0.168. The highest BCUT2D eigenvalue weighted by molar-refractivity contribution is 6.11. The Balaban J connectivity index is 0.923. The Kier molecular flexibility index (Phi) is 7.58. The number of benzene rings is 9. The minimum atomic E-state index is -0.123. The van der Waals surface area contributed by atoms with Crippen molar-refractivity contribution in [3.05, 3.63) is 217 Å². The highest BCUT2D eigenvalue weighted by Gasteiger charge is 2.36. The second-order valence-electron chi connectivity index (χ2n) is 16.5. The van der Waals surface area contributed by atoms with Crippen LogP contribution in [0.4, 0.5) is 17.1 Å². The van der Waals surface area contributed by atoms with Crippen LogP contribution >= 0.6 is 0 Å². The van der Waals surface area contributed by atoms with E-state index in [1.54, 1.807) is 0 Å². The second kappa shape index (κ2) is 13.2. The van der Waals surface area contributed by atoms with Gasteiger partial charge in [0, 0.05) is 44.0 Å². The van der Waals surface area contributed by atoms with Crippen LogP contribution in [0.2, 0.25) is 0 Å². The summed E-state index contributed by atoms with van der Waals surface area (Å²) in [4.78, 5) is 2.36. The number of para-hydroxylation sites is 4. The number of fused-ring (bicyclic) bond motifs is 9. The predicted molar refractivity (Wildman–Crippen MR) is 251 cm³/mol. The first-order valence-electron chi connectivity index (χ1n) is 20.8. The van der Waals surface area contributed by atoms with Crippen molar-refractivity contribution in [1.82, 2.24) is 4.57 Å². The maximum Gasteiger partial charge on any atom is 0.159 e. The number of furan rings is 1. The maximum atomic E-state index is 6.66. The minimum Gasteiger partial charge on any atom is -0.454 e. The Labute approximate surface area is 349 Å². The number of rotatable bonds is 6. The van der Waals surface area contributed by atoms with E-state index in [1.807, 2.05) is 6.07 Å². The molecule has 1 aliphatic rings. The Morgan fingerprint density at radius 3 is 1.83 bits per heavy atom. The summed E-state index contributed by atoms with van der Waals surface area (Å²) in [6, 6.07) is 74.8. The third-order valence-electron chi connectivity index (χ3n) is 12.8. The smallest absolute Gasteiger partial charge is 0.159 e. The van der Waals surface area contributed by atoms with E-state index in [0.717, 1.165) is 39.0 Å². The summed E-state index contributed by atoms with van der Waals surface area (Å²) in [5, 5.41) is 4.75. The molecule has 2 heterocycles. The van der Waals surface area contributed by atoms with E-state index in [0.29, 0.717) is 0 Å². The number of aromatic nitrogens is 1. The Bertz CT molecular complexity index is 3440. The van der Waals surface area contributed by atoms with Crippen molar-refractivity contribution < 1.29 is 4.42 Å². The predicted octanol–water partition coefficient (Wildman–Crippen LogP) is 15.8. The van der Waals surface area contributed by atoms with Crippen LogP contribution in [-0.2, 0) is 5.41 Å². The summed E-state index contributed by atoms with van der Waals surface area (Å²) in [6.45, 7) is 4.68. The molecule has 0 amide bonds. The van der Waals surface area contributed by atoms with E-state index in [-0.39, 0.29) is 5.41 Å². The molecule has 0 N–H and O–H groups in total. The Morgan fingerprint density at radius 1 is 0.417 bits per heavy atom. The van der Waals surface area contributed by atoms with Crippen LogP contribution in [0.3, 0.4) is 0 Å². The molecule has 11 aromatic rings. The second-order valence-corrected chi connectivity index (χ2v) is 16.5. The molecule has 0 atom stereocenters. The molecule has 0 unspecified atom stereocenters. The number of hydrogen-bond acceptors (Lipinski definition) is 2. The lowest BCUT2D eigenvalue weighted by atomic mass is 9.82. The molecule has 0 saturated heterocycles. The summed E-state index contributed by atoms with van der Waals surface area (Å²) in [7, 11) is 0. The van der Waals surface area contributed by atoms with Crippen molar-refractivity contribution in [2.24, 2.45) is 0 Å². The van der Waals surface area contributed by atoms with E-state index in [9.17, 15) is 0 Å². The molecule has 0 bridgehead atoms. The fourth-order valence-electron chi connectivity index (χ4n) is 9.83. The molecule has 3 nitrogen and oxygen atoms in total. The molecule has 12 rings (SSSR count). The molecule has 0 radical (unpaired) electrons. The van der Waals surface area contributed by atoms with Crippen molar-refractivity contribution >= 4 is 60.8 Å². The van der Waals surface area contributed by atoms with Gasteiger partial charge in [-0.05, 0) is 111 Å². The van der Waals surface area contributed by atoms with Crippen LogP contribution < -0.4 is 4.90 Å². The van der Waals surface area contributed by atoms with Crippen molar-refractivity contribution in [3.63, 3.8) is 0 Å². The minimum absolute atomic E-state index is 0.123. The van der Waals surface area contributed by atoms with E-state index in [1.165, 1.54) is 72.0 Å². The van der Waals surface area contributed by atoms with Crippen LogP contribution in [0.1, 0.15) is 25.0 Å². The summed E-state index contributed by atoms with van der Waals surface area (Å²) in [6.07, 6.45) is 0. The van der Waals surface area contributed by atoms with Crippen molar-refractivity contribution in [1.29, 1.82) is 0 Å². The monoisotopic (exact) mass is 768 g/mol. The van der Waals surface area contributed by atoms with E-state index >= 15 is 0 Å². The highest BCUT2D eigenvalue weighted by Crippen LogP contribution is 2.51. The molecular formula is C57H40N2O. The van der Waals surface area contributed by atoms with Crippen molar-refractivity contribution in [3.8, 4) is 39.1 Å². The normalized spacial score (nSPS) is 13.0. The lowest BCUT2D eigenvalue weighted by Gasteiger charge is -2.28. The van der Waals surface area contributed by atoms with Gasteiger partial charge in [0.05, 0.1) is 16.7 Å². The fourth-order valence-corrected chi connectivity index (χ4v) is 9.83. The lowest BCUT2D eigenvalue weighted by molar-refractivity contribution is 0.660. The molecule has 2 aromatic heterocycles. The average molecular weight is 769 g/mol. The zero-order chi connectivity index (χ0) is 40.0. The van der Waals surface area contributed by atoms with Gasteiger partial charge in [-0.3, -0.25) is 0 Å². The first kappa shape index (κ1) is 34.4. The van der Waals surface area contributed by atoms with Gasteiger partial charge >= 0.3 is 0 Å². The van der Waals surface area contributed by atoms with Gasteiger partial charge in [0.1, 0.15) is 5.58 Å². The maximum absolute atomic E-state index is 6.66. The highest BCUT2D eigenvalue weighted by atomic mass is 16.3. The number of hydrogen-bond donors (Lipinski definition) is 0. The molecule has 0 saturated carbocycles. The summed E-state index contributed by atoms with van der Waals surface area (Å²) in [5.41, 5.74) is 18.5. The van der Waals surface area contributed by atoms with E-state index < -0.39 is 0 Å². The SMILES string of the molecule is CC1(C)c2ccccc2-c2ccc(N(c3ccc(-c4ccc(-c5ccc6c(c5)c5ccccc5n6-c5ccccc5)cc4)cc3)c3cccc4c3oc3ccccc34)cc21. The van der Waals surface area contributed by atoms with E-state index in [2.05, 4.69) is 224 Å². The topological polar surface area (TPSA) is 21.3 Å². The fraction of sp³-hybridized carbons (Fsp3) is 0.0526. The summed E-state index contributed by atoms with van der Waals surface area (Å²) < 4.78 is 9.02. The van der Waals surface area contributed by atoms with Crippen LogP contribution in [-0.4, -0.2) is 4.57 Å². The molecule has 60 heavy (non-hydrogen) atoms. The summed E-state index contributed by atoms with van der Waals surface area (Å²) in [5.74, 6) is 0. The molecule has 9 aromatic carbocycles. The first-order valence-corrected chi connectivity index (χ1v) is 20.8. The van der Waals surface area contributed by atoms with Gasteiger partial charge < -0.3 is 13.9 Å². The van der Waals surface area contributed by atoms with E-state index in [4.69, 9.17) is 4.42 Å². The van der Waals surface area contributed by atoms with Gasteiger partial charge in [-0.15, -0.1) is 0 Å². The molecular weight excluding hydrogens is 729 g/mol. The van der Waals surface area contributed by atoms with Crippen molar-refractivity contribution in [2.45, 2.75) is 19.3 Å². The Morgan fingerprint density at radius 2 is 1.02 bits per heavy atom. The third-order valence-corrected chi connectivity index (χ3v) is 12.8. The zero-order valence-corrected chi connectivity index (χ0v) is 33.4. The van der Waals surface area contributed by atoms with Crippen LogP contribution in [0.25, 0.3) is 82.8 Å². The molecule has 284 valence electrons. The van der Waals surface area contributed by atoms with Gasteiger partial charge in [0.15, 0.2) is 5.58 Å².